The topological polar surface area (TPSA) is 34.9 Å². The first kappa shape index (κ1) is 6.01. The van der Waals surface area contributed by atoms with Crippen LogP contribution in [0.4, 0.5) is 0 Å². The monoisotopic (exact) mass is 123 g/mol. The summed E-state index contributed by atoms with van der Waals surface area (Å²) in [6.45, 7) is 1.83. The summed E-state index contributed by atoms with van der Waals surface area (Å²) >= 11 is 0. The molecule has 0 amide bonds. The Morgan fingerprint density at radius 1 is 1.78 bits per heavy atom. The molecule has 0 aromatic carbocycles. The van der Waals surface area contributed by atoms with Crippen molar-refractivity contribution in [2.45, 2.75) is 6.92 Å². The fraction of sp³-hybridized carbons (Fsp3) is 0.333. The van der Waals surface area contributed by atoms with Crippen molar-refractivity contribution in [3.8, 4) is 0 Å². The third kappa shape index (κ3) is 0.850. The summed E-state index contributed by atoms with van der Waals surface area (Å²) in [6.07, 6.45) is 3.29. The molecule has 0 unspecified atom stereocenters. The Morgan fingerprint density at radius 3 is 2.67 bits per heavy atom. The summed E-state index contributed by atoms with van der Waals surface area (Å²) in [5.41, 5.74) is 1.39. The van der Waals surface area contributed by atoms with E-state index in [1.807, 2.05) is 6.92 Å². The van der Waals surface area contributed by atoms with Crippen molar-refractivity contribution >= 4 is 6.29 Å². The number of aryl methyl sites for hydroxylation is 1. The van der Waals surface area contributed by atoms with E-state index in [1.54, 1.807) is 18.0 Å². The molecule has 0 saturated carbocycles. The highest BCUT2D eigenvalue weighted by atomic mass is 16.1. The number of hydrogen-bond donors (Lipinski definition) is 0. The summed E-state index contributed by atoms with van der Waals surface area (Å²) in [5, 5.41) is 3.84. The van der Waals surface area contributed by atoms with Gasteiger partial charge in [-0.3, -0.25) is 9.48 Å². The molecule has 9 heavy (non-hydrogen) atoms. The Bertz CT molecular complexity index is 227. The van der Waals surface area contributed by atoms with Crippen LogP contribution in [0.5, 0.6) is 0 Å². The van der Waals surface area contributed by atoms with E-state index >= 15 is 0 Å². The van der Waals surface area contributed by atoms with Gasteiger partial charge in [-0.25, -0.2) is 0 Å². The van der Waals surface area contributed by atoms with Crippen LogP contribution >= 0.6 is 0 Å². The highest BCUT2D eigenvalue weighted by Crippen LogP contribution is 1.99. The second-order valence-corrected chi connectivity index (χ2v) is 1.87. The molecule has 3 heteroatoms. The molecule has 0 aliphatic heterocycles. The van der Waals surface area contributed by atoms with Crippen LogP contribution < -0.4 is 0 Å². The predicted octanol–water partition coefficient (Wildman–Crippen LogP) is 0.186. The molecule has 0 aliphatic rings. The Hall–Kier alpha value is -1.12. The van der Waals surface area contributed by atoms with Gasteiger partial charge in [-0.05, 0) is 6.92 Å². The van der Waals surface area contributed by atoms with Crippen molar-refractivity contribution in [2.24, 2.45) is 7.05 Å². The zero-order valence-corrected chi connectivity index (χ0v) is 5.38. The van der Waals surface area contributed by atoms with Gasteiger partial charge in [0.05, 0.1) is 11.8 Å². The first-order valence-corrected chi connectivity index (χ1v) is 2.62. The maximum absolute atomic E-state index is 10.1. The second-order valence-electron chi connectivity index (χ2n) is 1.87. The van der Waals surface area contributed by atoms with Crippen LogP contribution in [0.3, 0.4) is 0 Å². The number of carbonyl (C=O) groups excluding carboxylic acids is 1. The van der Waals surface area contributed by atoms with Gasteiger partial charge in [-0.1, -0.05) is 0 Å². The summed E-state index contributed by atoms with van der Waals surface area (Å²) in [5.74, 6) is 0. The highest BCUT2D eigenvalue weighted by molar-refractivity contribution is 5.76. The molecule has 0 atom stereocenters. The van der Waals surface area contributed by atoms with Crippen LogP contribution in [-0.2, 0) is 11.8 Å². The lowest BCUT2D eigenvalue weighted by Gasteiger charge is -1.89. The maximum Gasteiger partial charge on any atom is 0.237 e. The standard InChI is InChI=1S/C6H7N2O/c1-5-6(4-9)3-7-8(5)2/h3H,1-2H3. The van der Waals surface area contributed by atoms with Crippen molar-refractivity contribution < 1.29 is 4.79 Å². The fourth-order valence-electron chi connectivity index (χ4n) is 0.599. The van der Waals surface area contributed by atoms with Gasteiger partial charge in [0, 0.05) is 12.7 Å². The van der Waals surface area contributed by atoms with E-state index in [0.29, 0.717) is 5.56 Å². The molecule has 47 valence electrons. The SMILES string of the molecule is Cc1c([C]=O)cnn1C. The molecule has 0 bridgehead atoms. The lowest BCUT2D eigenvalue weighted by atomic mass is 10.3. The molecule has 0 N–H and O–H groups in total. The van der Waals surface area contributed by atoms with Gasteiger partial charge in [0.2, 0.25) is 6.29 Å². The lowest BCUT2D eigenvalue weighted by Crippen LogP contribution is -1.93. The van der Waals surface area contributed by atoms with E-state index < -0.39 is 0 Å². The van der Waals surface area contributed by atoms with Crippen molar-refractivity contribution in [2.75, 3.05) is 0 Å². The van der Waals surface area contributed by atoms with E-state index in [0.717, 1.165) is 5.69 Å². The van der Waals surface area contributed by atoms with E-state index in [9.17, 15) is 4.79 Å². The largest absolute Gasteiger partial charge is 0.285 e. The molecule has 0 aliphatic carbocycles. The smallest absolute Gasteiger partial charge is 0.237 e. The van der Waals surface area contributed by atoms with E-state index in [-0.39, 0.29) is 0 Å². The van der Waals surface area contributed by atoms with Gasteiger partial charge in [-0.15, -0.1) is 0 Å². The molecule has 0 fully saturated rings. The molecule has 1 rings (SSSR count). The first-order valence-electron chi connectivity index (χ1n) is 2.62. The van der Waals surface area contributed by atoms with E-state index in [1.165, 1.54) is 6.20 Å². The maximum atomic E-state index is 10.1. The number of nitrogens with zero attached hydrogens (tertiary/aromatic N) is 2. The van der Waals surface area contributed by atoms with Crippen LogP contribution in [0.2, 0.25) is 0 Å². The number of aromatic nitrogens is 2. The Morgan fingerprint density at radius 2 is 2.44 bits per heavy atom. The summed E-state index contributed by atoms with van der Waals surface area (Å²) in [6, 6.07) is 0. The fourth-order valence-corrected chi connectivity index (χ4v) is 0.599. The van der Waals surface area contributed by atoms with Gasteiger partial charge in [0.25, 0.3) is 0 Å². The third-order valence-corrected chi connectivity index (χ3v) is 1.35. The Labute approximate surface area is 53.3 Å². The zero-order valence-electron chi connectivity index (χ0n) is 5.38. The minimum Gasteiger partial charge on any atom is -0.285 e. The molecule has 0 spiro atoms. The highest BCUT2D eigenvalue weighted by Gasteiger charge is 2.00. The van der Waals surface area contributed by atoms with Crippen molar-refractivity contribution in [3.05, 3.63) is 17.5 Å². The lowest BCUT2D eigenvalue weighted by molar-refractivity contribution is 0.562. The number of hydrogen-bond acceptors (Lipinski definition) is 2. The molecular weight excluding hydrogens is 116 g/mol. The van der Waals surface area contributed by atoms with Crippen LogP contribution in [0, 0.1) is 6.92 Å². The van der Waals surface area contributed by atoms with Crippen molar-refractivity contribution in [1.29, 1.82) is 0 Å². The predicted molar refractivity (Wildman–Crippen MR) is 32.7 cm³/mol. The minimum absolute atomic E-state index is 0.539. The van der Waals surface area contributed by atoms with Crippen LogP contribution in [0.15, 0.2) is 6.20 Å². The average molecular weight is 123 g/mol. The van der Waals surface area contributed by atoms with Gasteiger partial charge < -0.3 is 0 Å². The molecule has 1 radical (unpaired) electrons. The normalized spacial score (nSPS) is 9.56. The van der Waals surface area contributed by atoms with Crippen LogP contribution in [-0.4, -0.2) is 16.1 Å². The molecule has 1 aromatic heterocycles. The van der Waals surface area contributed by atoms with Gasteiger partial charge in [0.1, 0.15) is 0 Å². The van der Waals surface area contributed by atoms with E-state index in [2.05, 4.69) is 5.10 Å². The second kappa shape index (κ2) is 2.01. The molecule has 1 aromatic rings. The van der Waals surface area contributed by atoms with Crippen LogP contribution in [0.1, 0.15) is 11.3 Å². The van der Waals surface area contributed by atoms with Crippen molar-refractivity contribution in [3.63, 3.8) is 0 Å². The Kier molecular flexibility index (Phi) is 1.34. The summed E-state index contributed by atoms with van der Waals surface area (Å²) in [7, 11) is 1.79. The quantitative estimate of drug-likeness (QED) is 0.534. The zero-order chi connectivity index (χ0) is 6.85. The van der Waals surface area contributed by atoms with Gasteiger partial charge in [-0.2, -0.15) is 5.10 Å². The molecular formula is C6H7N2O. The van der Waals surface area contributed by atoms with Gasteiger partial charge >= 0.3 is 0 Å². The van der Waals surface area contributed by atoms with Crippen LogP contribution in [0.25, 0.3) is 0 Å². The number of rotatable bonds is 1. The molecule has 1 heterocycles. The Balaban J connectivity index is 3.18. The average Bonchev–Trinajstić information content (AvgIpc) is 2.15. The first-order chi connectivity index (χ1) is 4.25. The van der Waals surface area contributed by atoms with Crippen molar-refractivity contribution in [1.82, 2.24) is 9.78 Å². The summed E-state index contributed by atoms with van der Waals surface area (Å²) < 4.78 is 1.64. The summed E-state index contributed by atoms with van der Waals surface area (Å²) in [4.78, 5) is 10.1. The molecule has 3 nitrogen and oxygen atoms in total. The van der Waals surface area contributed by atoms with Gasteiger partial charge in [0.15, 0.2) is 0 Å². The molecule has 0 saturated heterocycles. The third-order valence-electron chi connectivity index (χ3n) is 1.35. The minimum atomic E-state index is 0.539. The van der Waals surface area contributed by atoms with E-state index in [4.69, 9.17) is 0 Å².